The van der Waals surface area contributed by atoms with E-state index in [9.17, 15) is 4.79 Å². The number of nitrogens with one attached hydrogen (secondary N) is 1. The summed E-state index contributed by atoms with van der Waals surface area (Å²) < 4.78 is 0. The predicted molar refractivity (Wildman–Crippen MR) is 69.1 cm³/mol. The molecule has 0 saturated heterocycles. The first-order valence-electron chi connectivity index (χ1n) is 5.26. The lowest BCUT2D eigenvalue weighted by Gasteiger charge is -2.07. The molecule has 0 aliphatic rings. The minimum atomic E-state index is -0.303. The highest BCUT2D eigenvalue weighted by molar-refractivity contribution is 6.29. The van der Waals surface area contributed by atoms with Crippen LogP contribution < -0.4 is 11.1 Å². The van der Waals surface area contributed by atoms with Gasteiger partial charge in [-0.05, 0) is 18.2 Å². The van der Waals surface area contributed by atoms with Gasteiger partial charge in [0, 0.05) is 6.20 Å². The van der Waals surface area contributed by atoms with Gasteiger partial charge in [0.1, 0.15) is 5.15 Å². The molecule has 0 aromatic carbocycles. The largest absolute Gasteiger partial charge is 0.397 e. The van der Waals surface area contributed by atoms with E-state index in [-0.39, 0.29) is 16.7 Å². The van der Waals surface area contributed by atoms with Crippen molar-refractivity contribution in [1.82, 2.24) is 15.3 Å². The predicted octanol–water partition coefficient (Wildman–Crippen LogP) is 1.64. The molecule has 0 spiro atoms. The molecular formula is C12H11ClN4O. The minimum absolute atomic E-state index is 0.229. The second-order valence-electron chi connectivity index (χ2n) is 3.60. The number of pyridine rings is 2. The third-order valence-electron chi connectivity index (χ3n) is 2.30. The van der Waals surface area contributed by atoms with E-state index < -0.39 is 0 Å². The van der Waals surface area contributed by atoms with Gasteiger partial charge in [-0.25, -0.2) is 4.98 Å². The minimum Gasteiger partial charge on any atom is -0.397 e. The van der Waals surface area contributed by atoms with Crippen LogP contribution >= 0.6 is 11.6 Å². The Morgan fingerprint density at radius 1 is 1.39 bits per heavy atom. The summed E-state index contributed by atoms with van der Waals surface area (Å²) in [6, 6.07) is 6.92. The smallest absolute Gasteiger partial charge is 0.253 e. The Hall–Kier alpha value is -2.14. The molecule has 5 nitrogen and oxygen atoms in total. The first-order valence-corrected chi connectivity index (χ1v) is 5.64. The maximum atomic E-state index is 11.9. The third kappa shape index (κ3) is 2.95. The van der Waals surface area contributed by atoms with E-state index in [0.717, 1.165) is 5.69 Å². The van der Waals surface area contributed by atoms with Crippen molar-refractivity contribution in [1.29, 1.82) is 0 Å². The van der Waals surface area contributed by atoms with E-state index in [4.69, 9.17) is 17.3 Å². The lowest BCUT2D eigenvalue weighted by molar-refractivity contribution is 0.0951. The van der Waals surface area contributed by atoms with Gasteiger partial charge in [-0.3, -0.25) is 9.78 Å². The van der Waals surface area contributed by atoms with Gasteiger partial charge in [0.05, 0.1) is 29.7 Å². The molecule has 0 aliphatic heterocycles. The van der Waals surface area contributed by atoms with Gasteiger partial charge in [-0.15, -0.1) is 0 Å². The fourth-order valence-corrected chi connectivity index (χ4v) is 1.56. The van der Waals surface area contributed by atoms with E-state index in [1.54, 1.807) is 6.20 Å². The Morgan fingerprint density at radius 2 is 2.22 bits per heavy atom. The second kappa shape index (κ2) is 5.46. The topological polar surface area (TPSA) is 80.9 Å². The molecule has 2 aromatic rings. The zero-order valence-corrected chi connectivity index (χ0v) is 10.2. The summed E-state index contributed by atoms with van der Waals surface area (Å²) >= 11 is 5.72. The zero-order chi connectivity index (χ0) is 13.0. The van der Waals surface area contributed by atoms with Crippen LogP contribution in [0.2, 0.25) is 5.15 Å². The average Bonchev–Trinajstić information content (AvgIpc) is 2.40. The van der Waals surface area contributed by atoms with E-state index in [1.807, 2.05) is 18.2 Å². The number of hydrogen-bond donors (Lipinski definition) is 2. The molecule has 2 aromatic heterocycles. The quantitative estimate of drug-likeness (QED) is 0.824. The molecule has 0 bridgehead atoms. The van der Waals surface area contributed by atoms with Crippen molar-refractivity contribution in [2.24, 2.45) is 0 Å². The third-order valence-corrected chi connectivity index (χ3v) is 2.51. The molecule has 0 fully saturated rings. The van der Waals surface area contributed by atoms with Crippen LogP contribution in [-0.4, -0.2) is 15.9 Å². The normalized spacial score (nSPS) is 10.1. The summed E-state index contributed by atoms with van der Waals surface area (Å²) in [6.45, 7) is 0.332. The highest BCUT2D eigenvalue weighted by Crippen LogP contribution is 2.14. The summed E-state index contributed by atoms with van der Waals surface area (Å²) in [5.41, 5.74) is 7.03. The molecule has 6 heteroatoms. The van der Waals surface area contributed by atoms with E-state index in [2.05, 4.69) is 15.3 Å². The van der Waals surface area contributed by atoms with Gasteiger partial charge in [-0.2, -0.15) is 0 Å². The van der Waals surface area contributed by atoms with Gasteiger partial charge < -0.3 is 11.1 Å². The Morgan fingerprint density at radius 3 is 2.94 bits per heavy atom. The van der Waals surface area contributed by atoms with Crippen molar-refractivity contribution in [3.05, 3.63) is 53.1 Å². The summed E-state index contributed by atoms with van der Waals surface area (Å²) in [5.74, 6) is -0.303. The lowest BCUT2D eigenvalue weighted by atomic mass is 10.2. The number of hydrogen-bond acceptors (Lipinski definition) is 4. The molecule has 0 atom stereocenters. The first-order chi connectivity index (χ1) is 8.66. The molecular weight excluding hydrogens is 252 g/mol. The van der Waals surface area contributed by atoms with Crippen molar-refractivity contribution in [2.75, 3.05) is 5.73 Å². The van der Waals surface area contributed by atoms with Crippen LogP contribution in [0, 0.1) is 0 Å². The molecule has 0 unspecified atom stereocenters. The Balaban J connectivity index is 2.06. The summed E-state index contributed by atoms with van der Waals surface area (Å²) in [5, 5.41) is 2.94. The second-order valence-corrected chi connectivity index (χ2v) is 3.99. The number of carbonyl (C=O) groups is 1. The average molecular weight is 263 g/mol. The number of nitrogens with two attached hydrogens (primary N) is 1. The summed E-state index contributed by atoms with van der Waals surface area (Å²) in [4.78, 5) is 19.8. The van der Waals surface area contributed by atoms with Crippen LogP contribution in [0.3, 0.4) is 0 Å². The molecule has 0 saturated carbocycles. The van der Waals surface area contributed by atoms with E-state index in [1.165, 1.54) is 12.3 Å². The molecule has 3 N–H and O–H groups in total. The summed E-state index contributed by atoms with van der Waals surface area (Å²) in [7, 11) is 0. The zero-order valence-electron chi connectivity index (χ0n) is 9.43. The fourth-order valence-electron chi connectivity index (χ4n) is 1.41. The van der Waals surface area contributed by atoms with Crippen LogP contribution in [0.5, 0.6) is 0 Å². The van der Waals surface area contributed by atoms with E-state index >= 15 is 0 Å². The van der Waals surface area contributed by atoms with Gasteiger partial charge in [0.15, 0.2) is 0 Å². The van der Waals surface area contributed by atoms with Crippen molar-refractivity contribution < 1.29 is 4.79 Å². The highest BCUT2D eigenvalue weighted by Gasteiger charge is 2.10. The number of halogens is 1. The van der Waals surface area contributed by atoms with Crippen molar-refractivity contribution >= 4 is 23.2 Å². The molecule has 1 amide bonds. The molecule has 18 heavy (non-hydrogen) atoms. The summed E-state index contributed by atoms with van der Waals surface area (Å²) in [6.07, 6.45) is 3.02. The van der Waals surface area contributed by atoms with Crippen molar-refractivity contribution in [3.8, 4) is 0 Å². The van der Waals surface area contributed by atoms with Crippen LogP contribution in [0.4, 0.5) is 5.69 Å². The van der Waals surface area contributed by atoms with E-state index in [0.29, 0.717) is 12.1 Å². The number of amides is 1. The van der Waals surface area contributed by atoms with Crippen LogP contribution in [-0.2, 0) is 6.54 Å². The van der Waals surface area contributed by atoms with Crippen molar-refractivity contribution in [3.63, 3.8) is 0 Å². The number of aromatic nitrogens is 2. The number of anilines is 1. The number of nitrogen functional groups attached to an aromatic ring is 1. The standard InChI is InChI=1S/C12H11ClN4O/c13-11-5-9(10(14)7-16-11)12(18)17-6-8-3-1-2-4-15-8/h1-5,7H,6,14H2,(H,17,18). The SMILES string of the molecule is Nc1cnc(Cl)cc1C(=O)NCc1ccccn1. The Bertz CT molecular complexity index is 559. The molecule has 0 radical (unpaired) electrons. The molecule has 0 aliphatic carbocycles. The van der Waals surface area contributed by atoms with Gasteiger partial charge in [0.25, 0.3) is 5.91 Å². The van der Waals surface area contributed by atoms with Crippen molar-refractivity contribution in [2.45, 2.75) is 6.54 Å². The monoisotopic (exact) mass is 262 g/mol. The Kier molecular flexibility index (Phi) is 3.74. The van der Waals surface area contributed by atoms with Crippen LogP contribution in [0.25, 0.3) is 0 Å². The number of carbonyl (C=O) groups excluding carboxylic acids is 1. The van der Waals surface area contributed by atoms with Gasteiger partial charge >= 0.3 is 0 Å². The highest BCUT2D eigenvalue weighted by atomic mass is 35.5. The maximum Gasteiger partial charge on any atom is 0.253 e. The number of rotatable bonds is 3. The molecule has 92 valence electrons. The first kappa shape index (κ1) is 12.3. The Labute approximate surface area is 109 Å². The maximum absolute atomic E-state index is 11.9. The lowest BCUT2D eigenvalue weighted by Crippen LogP contribution is -2.24. The molecule has 2 rings (SSSR count). The van der Waals surface area contributed by atoms with Gasteiger partial charge in [-0.1, -0.05) is 17.7 Å². The van der Waals surface area contributed by atoms with Gasteiger partial charge in [0.2, 0.25) is 0 Å². The van der Waals surface area contributed by atoms with Crippen LogP contribution in [0.1, 0.15) is 16.1 Å². The molecule has 2 heterocycles. The number of nitrogens with zero attached hydrogens (tertiary/aromatic N) is 2. The fraction of sp³-hybridized carbons (Fsp3) is 0.0833. The van der Waals surface area contributed by atoms with Crippen LogP contribution in [0.15, 0.2) is 36.7 Å².